The van der Waals surface area contributed by atoms with Gasteiger partial charge in [0, 0.05) is 58.3 Å². The Bertz CT molecular complexity index is 922. The van der Waals surface area contributed by atoms with Crippen LogP contribution in [0.3, 0.4) is 0 Å². The Balaban J connectivity index is 1.18. The zero-order chi connectivity index (χ0) is 24.0. The number of para-hydroxylation sites is 1. The second kappa shape index (κ2) is 11.5. The predicted molar refractivity (Wildman–Crippen MR) is 125 cm³/mol. The summed E-state index contributed by atoms with van der Waals surface area (Å²) in [6, 6.07) is 9.42. The highest BCUT2D eigenvalue weighted by Gasteiger charge is 2.36. The van der Waals surface area contributed by atoms with Crippen molar-refractivity contribution in [1.29, 1.82) is 0 Å². The highest BCUT2D eigenvalue weighted by molar-refractivity contribution is 7.86. The largest absolute Gasteiger partial charge is 0.493 e. The zero-order valence-corrected chi connectivity index (χ0v) is 20.3. The number of piperidine rings is 1. The summed E-state index contributed by atoms with van der Waals surface area (Å²) < 4.78 is 39.4. The molecule has 3 aliphatic rings. The quantitative estimate of drug-likeness (QED) is 0.545. The van der Waals surface area contributed by atoms with Gasteiger partial charge in [0.25, 0.3) is 10.2 Å². The Kier molecular flexibility index (Phi) is 8.41. The lowest BCUT2D eigenvalue weighted by Gasteiger charge is -2.39. The van der Waals surface area contributed by atoms with Crippen LogP contribution >= 0.6 is 0 Å². The van der Waals surface area contributed by atoms with Crippen LogP contribution in [0, 0.1) is 5.92 Å². The van der Waals surface area contributed by atoms with Gasteiger partial charge in [-0.25, -0.2) is 0 Å². The number of nitrogens with zero attached hydrogens (tertiary/aromatic N) is 4. The summed E-state index contributed by atoms with van der Waals surface area (Å²) in [4.78, 5) is 29.1. The fourth-order valence-corrected chi connectivity index (χ4v) is 6.21. The van der Waals surface area contributed by atoms with Crippen molar-refractivity contribution in [3.63, 3.8) is 0 Å². The average molecular weight is 495 g/mol. The van der Waals surface area contributed by atoms with E-state index in [2.05, 4.69) is 0 Å². The van der Waals surface area contributed by atoms with E-state index in [0.717, 1.165) is 5.75 Å². The number of piperazine rings is 1. The monoisotopic (exact) mass is 494 g/mol. The second-order valence-corrected chi connectivity index (χ2v) is 10.7. The number of hydrogen-bond donors (Lipinski definition) is 0. The number of ether oxygens (including phenoxy) is 2. The minimum absolute atomic E-state index is 0.0452. The van der Waals surface area contributed by atoms with E-state index >= 15 is 0 Å². The molecule has 11 heteroatoms. The summed E-state index contributed by atoms with van der Waals surface area (Å²) in [5, 5.41) is 0. The first-order chi connectivity index (χ1) is 16.4. The van der Waals surface area contributed by atoms with E-state index in [-0.39, 0.29) is 17.7 Å². The molecule has 0 spiro atoms. The minimum atomic E-state index is -3.51. The van der Waals surface area contributed by atoms with Crippen molar-refractivity contribution in [3.05, 3.63) is 30.3 Å². The summed E-state index contributed by atoms with van der Waals surface area (Å²) in [5.41, 5.74) is 0. The van der Waals surface area contributed by atoms with Crippen LogP contribution in [0.5, 0.6) is 5.75 Å². The van der Waals surface area contributed by atoms with Gasteiger partial charge in [-0.3, -0.25) is 9.59 Å². The summed E-state index contributed by atoms with van der Waals surface area (Å²) >= 11 is 0. The molecule has 0 atom stereocenters. The molecule has 34 heavy (non-hydrogen) atoms. The first-order valence-corrected chi connectivity index (χ1v) is 13.4. The number of rotatable bonds is 7. The Morgan fingerprint density at radius 2 is 1.47 bits per heavy atom. The van der Waals surface area contributed by atoms with E-state index in [4.69, 9.17) is 9.47 Å². The number of likely N-dealkylation sites (tertiary alicyclic amines) is 1. The van der Waals surface area contributed by atoms with Crippen molar-refractivity contribution < 1.29 is 27.5 Å². The predicted octanol–water partition coefficient (Wildman–Crippen LogP) is 0.415. The standard InChI is InChI=1S/C23H34N4O6S/c28-22(8-17-33-21-4-2-1-3-5-21)24-9-6-20(7-10-24)23(29)25-11-13-26(14-12-25)34(30,31)27-15-18-32-19-16-27/h1-5,20H,6-19H2. The third-order valence-corrected chi connectivity index (χ3v) is 8.73. The molecule has 1 aromatic carbocycles. The van der Waals surface area contributed by atoms with Crippen LogP contribution in [0.4, 0.5) is 0 Å². The number of amides is 2. The van der Waals surface area contributed by atoms with E-state index in [1.54, 1.807) is 4.90 Å². The first-order valence-electron chi connectivity index (χ1n) is 12.0. The van der Waals surface area contributed by atoms with Crippen LogP contribution in [0.1, 0.15) is 19.3 Å². The van der Waals surface area contributed by atoms with Gasteiger partial charge in [0.05, 0.1) is 26.2 Å². The maximum absolute atomic E-state index is 13.0. The van der Waals surface area contributed by atoms with Crippen molar-refractivity contribution in [2.24, 2.45) is 5.92 Å². The van der Waals surface area contributed by atoms with Crippen LogP contribution in [-0.4, -0.2) is 111 Å². The van der Waals surface area contributed by atoms with Gasteiger partial charge >= 0.3 is 0 Å². The molecular formula is C23H34N4O6S. The van der Waals surface area contributed by atoms with Crippen molar-refractivity contribution >= 4 is 22.0 Å². The van der Waals surface area contributed by atoms with Gasteiger partial charge in [-0.05, 0) is 25.0 Å². The number of hydrogen-bond acceptors (Lipinski definition) is 6. The summed E-state index contributed by atoms with van der Waals surface area (Å²) in [6.45, 7) is 4.45. The molecule has 1 aromatic rings. The molecule has 3 heterocycles. The number of carbonyl (C=O) groups excluding carboxylic acids is 2. The first kappa shape index (κ1) is 24.9. The molecule has 0 saturated carbocycles. The lowest BCUT2D eigenvalue weighted by Crippen LogP contribution is -2.56. The highest BCUT2D eigenvalue weighted by atomic mass is 32.2. The Hall–Kier alpha value is -2.21. The van der Waals surface area contributed by atoms with Crippen molar-refractivity contribution in [1.82, 2.24) is 18.4 Å². The van der Waals surface area contributed by atoms with Gasteiger partial charge in [0.1, 0.15) is 5.75 Å². The van der Waals surface area contributed by atoms with Gasteiger partial charge in [-0.15, -0.1) is 0 Å². The van der Waals surface area contributed by atoms with Crippen molar-refractivity contribution in [2.45, 2.75) is 19.3 Å². The smallest absolute Gasteiger partial charge is 0.282 e. The molecule has 0 unspecified atom stereocenters. The minimum Gasteiger partial charge on any atom is -0.493 e. The van der Waals surface area contributed by atoms with E-state index in [1.165, 1.54) is 8.61 Å². The number of benzene rings is 1. The molecule has 0 radical (unpaired) electrons. The van der Waals surface area contributed by atoms with Crippen LogP contribution in [-0.2, 0) is 24.5 Å². The van der Waals surface area contributed by atoms with Crippen LogP contribution in [0.2, 0.25) is 0 Å². The van der Waals surface area contributed by atoms with Gasteiger partial charge in [-0.2, -0.15) is 17.0 Å². The molecule has 3 saturated heterocycles. The molecular weight excluding hydrogens is 460 g/mol. The molecule has 2 amide bonds. The average Bonchev–Trinajstić information content (AvgIpc) is 2.89. The van der Waals surface area contributed by atoms with Crippen LogP contribution in [0.15, 0.2) is 30.3 Å². The molecule has 0 bridgehead atoms. The maximum Gasteiger partial charge on any atom is 0.282 e. The van der Waals surface area contributed by atoms with Crippen molar-refractivity contribution in [3.8, 4) is 5.75 Å². The van der Waals surface area contributed by atoms with E-state index < -0.39 is 10.2 Å². The van der Waals surface area contributed by atoms with Gasteiger partial charge in [0.2, 0.25) is 11.8 Å². The lowest BCUT2D eigenvalue weighted by molar-refractivity contribution is -0.141. The van der Waals surface area contributed by atoms with Crippen LogP contribution < -0.4 is 4.74 Å². The van der Waals surface area contributed by atoms with Crippen LogP contribution in [0.25, 0.3) is 0 Å². The molecule has 0 N–H and O–H groups in total. The summed E-state index contributed by atoms with van der Waals surface area (Å²) in [5.74, 6) is 0.746. The highest BCUT2D eigenvalue weighted by Crippen LogP contribution is 2.22. The van der Waals surface area contributed by atoms with Crippen molar-refractivity contribution in [2.75, 3.05) is 72.2 Å². The number of morpholine rings is 1. The third kappa shape index (κ3) is 6.07. The summed E-state index contributed by atoms with van der Waals surface area (Å²) in [7, 11) is -3.51. The van der Waals surface area contributed by atoms with Gasteiger partial charge < -0.3 is 19.3 Å². The summed E-state index contributed by atoms with van der Waals surface area (Å²) in [6.07, 6.45) is 1.58. The SMILES string of the molecule is O=C(CCOc1ccccc1)N1CCC(C(=O)N2CCN(S(=O)(=O)N3CCOCC3)CC2)CC1. The van der Waals surface area contributed by atoms with E-state index in [1.807, 2.05) is 35.2 Å². The fourth-order valence-electron chi connectivity index (χ4n) is 4.64. The maximum atomic E-state index is 13.0. The van der Waals surface area contributed by atoms with Gasteiger partial charge in [-0.1, -0.05) is 18.2 Å². The van der Waals surface area contributed by atoms with Gasteiger partial charge in [0.15, 0.2) is 0 Å². The molecule has 4 rings (SSSR count). The Labute approximate surface area is 201 Å². The fraction of sp³-hybridized carbons (Fsp3) is 0.652. The molecule has 3 aliphatic heterocycles. The molecule has 0 aliphatic carbocycles. The lowest BCUT2D eigenvalue weighted by atomic mass is 9.95. The second-order valence-electron chi connectivity index (χ2n) is 8.81. The van der Waals surface area contributed by atoms with E-state index in [0.29, 0.717) is 91.4 Å². The number of carbonyl (C=O) groups is 2. The Morgan fingerprint density at radius 3 is 2.12 bits per heavy atom. The third-order valence-electron chi connectivity index (χ3n) is 6.70. The topological polar surface area (TPSA) is 99.7 Å². The molecule has 0 aromatic heterocycles. The molecule has 188 valence electrons. The zero-order valence-electron chi connectivity index (χ0n) is 19.5. The Morgan fingerprint density at radius 1 is 0.853 bits per heavy atom. The van der Waals surface area contributed by atoms with E-state index in [9.17, 15) is 18.0 Å². The molecule has 10 nitrogen and oxygen atoms in total. The normalized spacial score (nSPS) is 21.4. The molecule has 3 fully saturated rings.